The van der Waals surface area contributed by atoms with Crippen LogP contribution in [0.4, 0.5) is 0 Å². The average molecular weight is 255 g/mol. The molecule has 0 aromatic heterocycles. The summed E-state index contributed by atoms with van der Waals surface area (Å²) in [6, 6.07) is 1.36. The molecule has 0 aromatic carbocycles. The van der Waals surface area contributed by atoms with Gasteiger partial charge in [-0.05, 0) is 19.9 Å². The highest BCUT2D eigenvalue weighted by Gasteiger charge is 2.26. The third-order valence-electron chi connectivity index (χ3n) is 4.50. The average Bonchev–Trinajstić information content (AvgIpc) is 2.93. The highest BCUT2D eigenvalue weighted by atomic mass is 16.5. The lowest BCUT2D eigenvalue weighted by atomic mass is 10.1. The molecule has 2 aliphatic rings. The van der Waals surface area contributed by atoms with Crippen LogP contribution in [0, 0.1) is 0 Å². The molecule has 1 aliphatic heterocycles. The number of methoxy groups -OCH3 is 1. The first-order valence-electron chi connectivity index (χ1n) is 7.46. The normalized spacial score (nSPS) is 25.7. The van der Waals surface area contributed by atoms with Gasteiger partial charge in [-0.15, -0.1) is 0 Å². The number of nitrogens with zero attached hydrogens (tertiary/aromatic N) is 2. The van der Waals surface area contributed by atoms with Crippen LogP contribution in [0.15, 0.2) is 0 Å². The SMILES string of the molecule is CNC(COC)CN1CCN(C2CCCC2)CC1. The molecule has 18 heavy (non-hydrogen) atoms. The Kier molecular flexibility index (Phi) is 5.89. The van der Waals surface area contributed by atoms with Gasteiger partial charge >= 0.3 is 0 Å². The molecule has 4 nitrogen and oxygen atoms in total. The van der Waals surface area contributed by atoms with E-state index in [9.17, 15) is 0 Å². The molecule has 1 atom stereocenters. The predicted molar refractivity (Wildman–Crippen MR) is 75.0 cm³/mol. The first-order chi connectivity index (χ1) is 8.83. The lowest BCUT2D eigenvalue weighted by molar-refractivity contribution is 0.0789. The van der Waals surface area contributed by atoms with Crippen molar-refractivity contribution in [2.75, 3.05) is 53.5 Å². The molecular weight excluding hydrogens is 226 g/mol. The van der Waals surface area contributed by atoms with Gasteiger partial charge in [-0.25, -0.2) is 0 Å². The van der Waals surface area contributed by atoms with E-state index in [1.165, 1.54) is 51.9 Å². The molecule has 0 amide bonds. The van der Waals surface area contributed by atoms with Gasteiger partial charge in [-0.3, -0.25) is 9.80 Å². The molecular formula is C14H29N3O. The summed E-state index contributed by atoms with van der Waals surface area (Å²) in [6.07, 6.45) is 5.76. The summed E-state index contributed by atoms with van der Waals surface area (Å²) < 4.78 is 5.24. The molecule has 1 heterocycles. The topological polar surface area (TPSA) is 27.7 Å². The lowest BCUT2D eigenvalue weighted by Crippen LogP contribution is -2.53. The minimum absolute atomic E-state index is 0.466. The van der Waals surface area contributed by atoms with Crippen LogP contribution >= 0.6 is 0 Å². The molecule has 0 bridgehead atoms. The van der Waals surface area contributed by atoms with Gasteiger partial charge in [0.2, 0.25) is 0 Å². The van der Waals surface area contributed by atoms with E-state index in [4.69, 9.17) is 4.74 Å². The number of hydrogen-bond donors (Lipinski definition) is 1. The Hall–Kier alpha value is -0.160. The first kappa shape index (κ1) is 14.3. The fraction of sp³-hybridized carbons (Fsp3) is 1.00. The number of nitrogens with one attached hydrogen (secondary N) is 1. The first-order valence-corrected chi connectivity index (χ1v) is 7.46. The van der Waals surface area contributed by atoms with Crippen LogP contribution < -0.4 is 5.32 Å². The maximum Gasteiger partial charge on any atom is 0.0628 e. The van der Waals surface area contributed by atoms with E-state index in [-0.39, 0.29) is 0 Å². The zero-order valence-corrected chi connectivity index (χ0v) is 12.0. The molecule has 1 saturated carbocycles. The lowest BCUT2D eigenvalue weighted by Gasteiger charge is -2.39. The van der Waals surface area contributed by atoms with Crippen molar-refractivity contribution in [1.29, 1.82) is 0 Å². The van der Waals surface area contributed by atoms with Crippen LogP contribution in [-0.4, -0.2) is 75.4 Å². The zero-order valence-electron chi connectivity index (χ0n) is 12.0. The van der Waals surface area contributed by atoms with E-state index >= 15 is 0 Å². The van der Waals surface area contributed by atoms with Gasteiger partial charge in [0, 0.05) is 51.9 Å². The van der Waals surface area contributed by atoms with E-state index in [0.29, 0.717) is 6.04 Å². The third kappa shape index (κ3) is 3.92. The van der Waals surface area contributed by atoms with Gasteiger partial charge in [0.05, 0.1) is 6.61 Å². The molecule has 2 rings (SSSR count). The second kappa shape index (κ2) is 7.43. The Bertz CT molecular complexity index is 223. The van der Waals surface area contributed by atoms with Gasteiger partial charge < -0.3 is 10.1 Å². The van der Waals surface area contributed by atoms with Crippen molar-refractivity contribution in [3.63, 3.8) is 0 Å². The van der Waals surface area contributed by atoms with E-state index in [0.717, 1.165) is 19.2 Å². The van der Waals surface area contributed by atoms with Crippen LogP contribution in [0.5, 0.6) is 0 Å². The summed E-state index contributed by atoms with van der Waals surface area (Å²) >= 11 is 0. The number of piperazine rings is 1. The van der Waals surface area contributed by atoms with E-state index in [2.05, 4.69) is 15.1 Å². The maximum absolute atomic E-state index is 5.24. The van der Waals surface area contributed by atoms with Crippen molar-refractivity contribution >= 4 is 0 Å². The Morgan fingerprint density at radius 3 is 2.39 bits per heavy atom. The molecule has 1 N–H and O–H groups in total. The van der Waals surface area contributed by atoms with Crippen LogP contribution in [0.2, 0.25) is 0 Å². The molecule has 1 unspecified atom stereocenters. The largest absolute Gasteiger partial charge is 0.383 e. The summed E-state index contributed by atoms with van der Waals surface area (Å²) in [5.41, 5.74) is 0. The molecule has 2 fully saturated rings. The van der Waals surface area contributed by atoms with Gasteiger partial charge in [-0.1, -0.05) is 12.8 Å². The molecule has 1 aliphatic carbocycles. The Morgan fingerprint density at radius 1 is 1.17 bits per heavy atom. The highest BCUT2D eigenvalue weighted by molar-refractivity contribution is 4.83. The minimum atomic E-state index is 0.466. The summed E-state index contributed by atoms with van der Waals surface area (Å²) in [5, 5.41) is 3.34. The number of ether oxygens (including phenoxy) is 1. The third-order valence-corrected chi connectivity index (χ3v) is 4.50. The summed E-state index contributed by atoms with van der Waals surface area (Å²) in [5.74, 6) is 0. The van der Waals surface area contributed by atoms with Crippen molar-refractivity contribution in [2.45, 2.75) is 37.8 Å². The summed E-state index contributed by atoms with van der Waals surface area (Å²) in [4.78, 5) is 5.29. The maximum atomic E-state index is 5.24. The van der Waals surface area contributed by atoms with Gasteiger partial charge in [0.1, 0.15) is 0 Å². The second-order valence-electron chi connectivity index (χ2n) is 5.72. The standard InChI is InChI=1S/C14H29N3O/c1-15-13(12-18-2)11-16-7-9-17(10-8-16)14-5-3-4-6-14/h13-15H,3-12H2,1-2H3. The van der Waals surface area contributed by atoms with Gasteiger partial charge in [-0.2, -0.15) is 0 Å². The quantitative estimate of drug-likeness (QED) is 0.759. The van der Waals surface area contributed by atoms with Crippen molar-refractivity contribution in [3.05, 3.63) is 0 Å². The Morgan fingerprint density at radius 2 is 1.83 bits per heavy atom. The van der Waals surface area contributed by atoms with Crippen molar-refractivity contribution in [2.24, 2.45) is 0 Å². The predicted octanol–water partition coefficient (Wildman–Crippen LogP) is 0.781. The fourth-order valence-electron chi connectivity index (χ4n) is 3.32. The summed E-state index contributed by atoms with van der Waals surface area (Å²) in [7, 11) is 3.81. The Labute approximate surface area is 112 Å². The fourth-order valence-corrected chi connectivity index (χ4v) is 3.32. The van der Waals surface area contributed by atoms with Crippen molar-refractivity contribution in [3.8, 4) is 0 Å². The molecule has 0 radical (unpaired) electrons. The smallest absolute Gasteiger partial charge is 0.0628 e. The van der Waals surface area contributed by atoms with Gasteiger partial charge in [0.25, 0.3) is 0 Å². The molecule has 106 valence electrons. The number of likely N-dealkylation sites (N-methyl/N-ethyl adjacent to an activating group) is 1. The van der Waals surface area contributed by atoms with Crippen LogP contribution in [-0.2, 0) is 4.74 Å². The van der Waals surface area contributed by atoms with E-state index < -0.39 is 0 Å². The van der Waals surface area contributed by atoms with Gasteiger partial charge in [0.15, 0.2) is 0 Å². The monoisotopic (exact) mass is 255 g/mol. The highest BCUT2D eigenvalue weighted by Crippen LogP contribution is 2.24. The van der Waals surface area contributed by atoms with Crippen LogP contribution in [0.3, 0.4) is 0 Å². The van der Waals surface area contributed by atoms with Crippen molar-refractivity contribution < 1.29 is 4.74 Å². The number of rotatable bonds is 6. The van der Waals surface area contributed by atoms with E-state index in [1.54, 1.807) is 7.11 Å². The van der Waals surface area contributed by atoms with E-state index in [1.807, 2.05) is 7.05 Å². The minimum Gasteiger partial charge on any atom is -0.383 e. The molecule has 4 heteroatoms. The molecule has 1 saturated heterocycles. The molecule has 0 spiro atoms. The number of hydrogen-bond acceptors (Lipinski definition) is 4. The summed E-state index contributed by atoms with van der Waals surface area (Å²) in [6.45, 7) is 6.88. The van der Waals surface area contributed by atoms with Crippen LogP contribution in [0.1, 0.15) is 25.7 Å². The Balaban J connectivity index is 1.69. The van der Waals surface area contributed by atoms with Crippen molar-refractivity contribution in [1.82, 2.24) is 15.1 Å². The van der Waals surface area contributed by atoms with Crippen LogP contribution in [0.25, 0.3) is 0 Å². The zero-order chi connectivity index (χ0) is 12.8. The molecule has 0 aromatic rings. The second-order valence-corrected chi connectivity index (χ2v) is 5.72.